The molecule has 3 heterocycles. The lowest BCUT2D eigenvalue weighted by molar-refractivity contribution is -0.142. The molecule has 0 radical (unpaired) electrons. The van der Waals surface area contributed by atoms with Crippen molar-refractivity contribution < 1.29 is 18.0 Å². The number of hydrogen-bond acceptors (Lipinski definition) is 4. The fourth-order valence-corrected chi connectivity index (χ4v) is 6.38. The smallest absolute Gasteiger partial charge is 0.348 e. The SMILES string of the molecule is C[C@H](NC(=O)c1nn2c(C(F)(F)F)cc(-c3cccs3)nc2c1Br)[C@H]1C[C@@H]2CC[C@H]1C2. The molecular formula is C21H20BrF3N4OS. The molecule has 0 aliphatic heterocycles. The van der Waals surface area contributed by atoms with Gasteiger partial charge in [-0.2, -0.15) is 18.3 Å². The molecule has 1 amide bonds. The molecule has 2 aliphatic rings. The van der Waals surface area contributed by atoms with Gasteiger partial charge >= 0.3 is 6.18 Å². The fourth-order valence-electron chi connectivity index (χ4n) is 5.18. The van der Waals surface area contributed by atoms with Gasteiger partial charge in [0.25, 0.3) is 5.91 Å². The van der Waals surface area contributed by atoms with Crippen molar-refractivity contribution in [2.75, 3.05) is 0 Å². The number of hydrogen-bond donors (Lipinski definition) is 1. The summed E-state index contributed by atoms with van der Waals surface area (Å²) in [5, 5.41) is 8.75. The van der Waals surface area contributed by atoms with Crippen LogP contribution in [-0.4, -0.2) is 26.5 Å². The number of carbonyl (C=O) groups is 1. The fraction of sp³-hybridized carbons (Fsp3) is 0.476. The van der Waals surface area contributed by atoms with Crippen LogP contribution in [0, 0.1) is 17.8 Å². The van der Waals surface area contributed by atoms with E-state index < -0.39 is 17.8 Å². The molecule has 164 valence electrons. The van der Waals surface area contributed by atoms with E-state index in [1.54, 1.807) is 17.5 Å². The monoisotopic (exact) mass is 512 g/mol. The van der Waals surface area contributed by atoms with Crippen LogP contribution < -0.4 is 5.32 Å². The minimum Gasteiger partial charge on any atom is -0.348 e. The van der Waals surface area contributed by atoms with E-state index >= 15 is 0 Å². The highest BCUT2D eigenvalue weighted by atomic mass is 79.9. The lowest BCUT2D eigenvalue weighted by Crippen LogP contribution is -2.40. The van der Waals surface area contributed by atoms with E-state index in [0.29, 0.717) is 21.2 Å². The van der Waals surface area contributed by atoms with Crippen molar-refractivity contribution in [3.63, 3.8) is 0 Å². The molecule has 1 N–H and O–H groups in total. The van der Waals surface area contributed by atoms with Gasteiger partial charge in [-0.1, -0.05) is 12.5 Å². The van der Waals surface area contributed by atoms with E-state index in [2.05, 4.69) is 31.3 Å². The quantitative estimate of drug-likeness (QED) is 0.480. The first kappa shape index (κ1) is 20.9. The summed E-state index contributed by atoms with van der Waals surface area (Å²) < 4.78 is 42.2. The van der Waals surface area contributed by atoms with Crippen LogP contribution in [0.3, 0.4) is 0 Å². The van der Waals surface area contributed by atoms with Gasteiger partial charge in [-0.3, -0.25) is 4.79 Å². The summed E-state index contributed by atoms with van der Waals surface area (Å²) in [6.07, 6.45) is 0.120. The predicted molar refractivity (Wildman–Crippen MR) is 115 cm³/mol. The zero-order valence-corrected chi connectivity index (χ0v) is 19.0. The molecule has 10 heteroatoms. The molecule has 0 saturated heterocycles. The van der Waals surface area contributed by atoms with Crippen molar-refractivity contribution in [2.45, 2.75) is 44.8 Å². The first-order chi connectivity index (χ1) is 14.7. The minimum atomic E-state index is -4.65. The van der Waals surface area contributed by atoms with E-state index in [9.17, 15) is 18.0 Å². The molecule has 5 rings (SSSR count). The van der Waals surface area contributed by atoms with E-state index in [1.165, 1.54) is 30.6 Å². The maximum atomic E-state index is 13.8. The van der Waals surface area contributed by atoms with Crippen LogP contribution in [0.15, 0.2) is 28.1 Å². The second-order valence-corrected chi connectivity index (χ2v) is 10.2. The van der Waals surface area contributed by atoms with Crippen LogP contribution >= 0.6 is 27.3 Å². The van der Waals surface area contributed by atoms with Gasteiger partial charge < -0.3 is 5.32 Å². The van der Waals surface area contributed by atoms with Gasteiger partial charge in [-0.15, -0.1) is 11.3 Å². The lowest BCUT2D eigenvalue weighted by atomic mass is 9.84. The van der Waals surface area contributed by atoms with Gasteiger partial charge in [0, 0.05) is 6.04 Å². The molecule has 0 aromatic carbocycles. The zero-order valence-electron chi connectivity index (χ0n) is 16.6. The number of aromatic nitrogens is 3. The van der Waals surface area contributed by atoms with Crippen molar-refractivity contribution in [1.29, 1.82) is 0 Å². The third kappa shape index (κ3) is 3.67. The second kappa shape index (κ2) is 7.58. The van der Waals surface area contributed by atoms with Crippen molar-refractivity contribution in [3.05, 3.63) is 39.4 Å². The Kier molecular flexibility index (Phi) is 5.12. The van der Waals surface area contributed by atoms with E-state index in [-0.39, 0.29) is 27.5 Å². The standard InChI is InChI=1S/C21H20BrF3N4OS/c1-10(13-8-11-4-5-12(13)7-11)26-20(30)18-17(22)19-27-14(15-3-2-6-31-15)9-16(21(23,24)25)29(19)28-18/h2-3,6,9-13H,4-5,7-8H2,1H3,(H,26,30)/t10-,11+,12-,13+/m0/s1. The molecular weight excluding hydrogens is 493 g/mol. The Bertz CT molecular complexity index is 1140. The second-order valence-electron chi connectivity index (χ2n) is 8.50. The first-order valence-corrected chi connectivity index (χ1v) is 11.9. The summed E-state index contributed by atoms with van der Waals surface area (Å²) in [6, 6.07) is 4.37. The van der Waals surface area contributed by atoms with Crippen LogP contribution in [0.4, 0.5) is 13.2 Å². The Morgan fingerprint density at radius 2 is 2.16 bits per heavy atom. The first-order valence-electron chi connectivity index (χ1n) is 10.2. The molecule has 4 atom stereocenters. The normalized spacial score (nSPS) is 24.1. The Morgan fingerprint density at radius 3 is 2.77 bits per heavy atom. The lowest BCUT2D eigenvalue weighted by Gasteiger charge is -2.28. The summed E-state index contributed by atoms with van der Waals surface area (Å²) in [5.41, 5.74) is -0.896. The molecule has 0 spiro atoms. The van der Waals surface area contributed by atoms with Gasteiger partial charge in [0.05, 0.1) is 15.0 Å². The molecule has 3 aromatic rings. The average molecular weight is 513 g/mol. The van der Waals surface area contributed by atoms with E-state index in [0.717, 1.165) is 18.4 Å². The third-order valence-electron chi connectivity index (χ3n) is 6.61. The third-order valence-corrected chi connectivity index (χ3v) is 8.23. The number of alkyl halides is 3. The number of nitrogens with zero attached hydrogens (tertiary/aromatic N) is 3. The summed E-state index contributed by atoms with van der Waals surface area (Å²) in [7, 11) is 0. The van der Waals surface area contributed by atoms with Crippen molar-refractivity contribution in [2.24, 2.45) is 17.8 Å². The predicted octanol–water partition coefficient (Wildman–Crippen LogP) is 5.79. The summed E-state index contributed by atoms with van der Waals surface area (Å²) in [5.74, 6) is 1.29. The number of amides is 1. The number of nitrogens with one attached hydrogen (secondary N) is 1. The van der Waals surface area contributed by atoms with Gasteiger partial charge in [0.2, 0.25) is 0 Å². The molecule has 5 nitrogen and oxygen atoms in total. The van der Waals surface area contributed by atoms with Crippen molar-refractivity contribution in [3.8, 4) is 10.6 Å². The minimum absolute atomic E-state index is 0.0315. The average Bonchev–Trinajstić information content (AvgIpc) is 3.51. The van der Waals surface area contributed by atoms with Crippen molar-refractivity contribution in [1.82, 2.24) is 19.9 Å². The van der Waals surface area contributed by atoms with Gasteiger partial charge in [-0.05, 0) is 77.4 Å². The Balaban J connectivity index is 1.50. The molecule has 31 heavy (non-hydrogen) atoms. The van der Waals surface area contributed by atoms with Crippen LogP contribution in [0.25, 0.3) is 16.2 Å². The molecule has 2 aliphatic carbocycles. The molecule has 3 aromatic heterocycles. The highest BCUT2D eigenvalue weighted by molar-refractivity contribution is 9.10. The summed E-state index contributed by atoms with van der Waals surface area (Å²) >= 11 is 4.58. The van der Waals surface area contributed by atoms with Gasteiger partial charge in [0.15, 0.2) is 17.0 Å². The number of halogens is 4. The Labute approximate surface area is 189 Å². The number of thiophene rings is 1. The van der Waals surface area contributed by atoms with Crippen LogP contribution in [0.2, 0.25) is 0 Å². The maximum absolute atomic E-state index is 13.8. The van der Waals surface area contributed by atoms with Crippen LogP contribution in [0.5, 0.6) is 0 Å². The highest BCUT2D eigenvalue weighted by Crippen LogP contribution is 2.49. The van der Waals surface area contributed by atoms with Gasteiger partial charge in [0.1, 0.15) is 0 Å². The summed E-state index contributed by atoms with van der Waals surface area (Å²) in [6.45, 7) is 1.97. The highest BCUT2D eigenvalue weighted by Gasteiger charge is 2.42. The maximum Gasteiger partial charge on any atom is 0.433 e. The largest absolute Gasteiger partial charge is 0.433 e. The van der Waals surface area contributed by atoms with Crippen LogP contribution in [-0.2, 0) is 6.18 Å². The van der Waals surface area contributed by atoms with Crippen molar-refractivity contribution >= 4 is 38.8 Å². The van der Waals surface area contributed by atoms with E-state index in [4.69, 9.17) is 0 Å². The Morgan fingerprint density at radius 1 is 1.35 bits per heavy atom. The number of rotatable bonds is 4. The topological polar surface area (TPSA) is 59.3 Å². The molecule has 2 saturated carbocycles. The van der Waals surface area contributed by atoms with Gasteiger partial charge in [-0.25, -0.2) is 9.50 Å². The van der Waals surface area contributed by atoms with E-state index in [1.807, 2.05) is 6.92 Å². The summed E-state index contributed by atoms with van der Waals surface area (Å²) in [4.78, 5) is 17.9. The molecule has 2 bridgehead atoms. The number of carbonyl (C=O) groups excluding carboxylic acids is 1. The zero-order chi connectivity index (χ0) is 21.9. The van der Waals surface area contributed by atoms with Crippen LogP contribution in [0.1, 0.15) is 48.8 Å². The Hall–Kier alpha value is -1.94. The molecule has 0 unspecified atom stereocenters. The molecule has 2 fully saturated rings. The number of fused-ring (bicyclic) bond motifs is 3.